The van der Waals surface area contributed by atoms with Crippen molar-refractivity contribution in [2.45, 2.75) is 38.1 Å². The van der Waals surface area contributed by atoms with E-state index in [1.807, 2.05) is 24.3 Å². The molecule has 1 atom stereocenters. The third-order valence-electron chi connectivity index (χ3n) is 7.76. The normalized spacial score (nSPS) is 18.3. The van der Waals surface area contributed by atoms with Gasteiger partial charge in [-0.05, 0) is 38.8 Å². The summed E-state index contributed by atoms with van der Waals surface area (Å²) in [6.07, 6.45) is 2.57. The number of nitrogens with zero attached hydrogens (tertiary/aromatic N) is 5. The Bertz CT molecular complexity index is 1640. The Morgan fingerprint density at radius 1 is 1.12 bits per heavy atom. The van der Waals surface area contributed by atoms with Crippen LogP contribution in [0.2, 0.25) is 0 Å². The zero-order valence-corrected chi connectivity index (χ0v) is 25.6. The molecular weight excluding hydrogens is 582 g/mol. The topological polar surface area (TPSA) is 131 Å². The fourth-order valence-electron chi connectivity index (χ4n) is 5.63. The van der Waals surface area contributed by atoms with E-state index in [0.29, 0.717) is 42.2 Å². The van der Waals surface area contributed by atoms with Crippen molar-refractivity contribution in [3.63, 3.8) is 0 Å². The van der Waals surface area contributed by atoms with Gasteiger partial charge in [0.15, 0.2) is 0 Å². The lowest BCUT2D eigenvalue weighted by atomic mass is 9.98. The number of rotatable bonds is 8. The van der Waals surface area contributed by atoms with Crippen LogP contribution in [0.5, 0.6) is 5.75 Å². The number of fused-ring (bicyclic) bond motifs is 1. The van der Waals surface area contributed by atoms with Crippen LogP contribution in [0, 0.1) is 12.8 Å². The van der Waals surface area contributed by atoms with Crippen molar-refractivity contribution in [3.8, 4) is 5.75 Å². The number of benzene rings is 1. The largest absolute Gasteiger partial charge is 0.495 e. The number of hydrogen-bond donors (Lipinski definition) is 0. The summed E-state index contributed by atoms with van der Waals surface area (Å²) in [4.78, 5) is 47.8. The quantitative estimate of drug-likeness (QED) is 0.349. The molecule has 2 aromatic heterocycles. The minimum atomic E-state index is -4.02. The van der Waals surface area contributed by atoms with Crippen LogP contribution < -0.4 is 15.2 Å². The molecule has 0 bridgehead atoms. The maximum absolute atomic E-state index is 13.9. The molecule has 14 heteroatoms. The highest BCUT2D eigenvalue weighted by molar-refractivity contribution is 7.89. The van der Waals surface area contributed by atoms with E-state index in [1.165, 1.54) is 10.6 Å². The number of aryl methyl sites for hydroxylation is 1. The van der Waals surface area contributed by atoms with Crippen LogP contribution in [0.4, 0.5) is 5.69 Å². The number of piperidine rings is 1. The van der Waals surface area contributed by atoms with Crippen molar-refractivity contribution < 1.29 is 27.5 Å². The van der Waals surface area contributed by atoms with Crippen molar-refractivity contribution in [2.75, 3.05) is 57.9 Å². The summed E-state index contributed by atoms with van der Waals surface area (Å²) in [6.45, 7) is 5.46. The number of hydrogen-bond acceptors (Lipinski definition) is 10. The molecule has 0 saturated carbocycles. The summed E-state index contributed by atoms with van der Waals surface area (Å²) in [5.41, 5.74) is 0.316. The Balaban J connectivity index is 1.36. The Kier molecular flexibility index (Phi) is 8.85. The van der Waals surface area contributed by atoms with Crippen LogP contribution >= 0.6 is 11.3 Å². The summed E-state index contributed by atoms with van der Waals surface area (Å²) in [5, 5.41) is 0.00278. The Labute approximate surface area is 248 Å². The standard InChI is InChI=1S/C28H35N5O7S2/c1-4-40-28(36)20-8-7-11-31(16-20)23(34)17-32-18-29-26-24(27(32)35)25(19(2)41-26)42(37,38)33-14-12-30(13-15-33)21-9-5-6-10-22(21)39-3/h5-6,9-10,18,20H,4,7-8,11-17H2,1-3H3. The molecule has 2 aliphatic rings. The molecule has 2 aliphatic heterocycles. The average molecular weight is 618 g/mol. The van der Waals surface area contributed by atoms with Crippen LogP contribution in [-0.4, -0.2) is 92.0 Å². The highest BCUT2D eigenvalue weighted by Gasteiger charge is 2.35. The fourth-order valence-corrected chi connectivity index (χ4v) is 8.72. The molecule has 2 saturated heterocycles. The van der Waals surface area contributed by atoms with E-state index in [4.69, 9.17) is 9.47 Å². The van der Waals surface area contributed by atoms with Gasteiger partial charge in [0.25, 0.3) is 5.56 Å². The molecule has 3 aromatic rings. The number of para-hydroxylation sites is 2. The Morgan fingerprint density at radius 2 is 1.86 bits per heavy atom. The number of carbonyl (C=O) groups excluding carboxylic acids is 2. The van der Waals surface area contributed by atoms with Gasteiger partial charge in [-0.1, -0.05) is 12.1 Å². The minimum absolute atomic E-state index is 0.00278. The molecule has 226 valence electrons. The highest BCUT2D eigenvalue weighted by Crippen LogP contribution is 2.34. The van der Waals surface area contributed by atoms with Gasteiger partial charge in [0.2, 0.25) is 15.9 Å². The van der Waals surface area contributed by atoms with E-state index in [2.05, 4.69) is 9.88 Å². The summed E-state index contributed by atoms with van der Waals surface area (Å²) < 4.78 is 41.0. The fraction of sp³-hybridized carbons (Fsp3) is 0.500. The van der Waals surface area contributed by atoms with Gasteiger partial charge in [0.1, 0.15) is 22.0 Å². The Hall–Kier alpha value is -3.49. The summed E-state index contributed by atoms with van der Waals surface area (Å²) in [5.74, 6) is -0.353. The van der Waals surface area contributed by atoms with Crippen LogP contribution in [0.25, 0.3) is 10.2 Å². The number of anilines is 1. The van der Waals surface area contributed by atoms with Gasteiger partial charge in [-0.2, -0.15) is 4.31 Å². The van der Waals surface area contributed by atoms with Gasteiger partial charge in [0, 0.05) is 44.1 Å². The second-order valence-corrected chi connectivity index (χ2v) is 13.4. The predicted molar refractivity (Wildman–Crippen MR) is 159 cm³/mol. The molecule has 1 amide bonds. The van der Waals surface area contributed by atoms with Crippen LogP contribution in [0.15, 0.2) is 40.3 Å². The summed E-state index contributed by atoms with van der Waals surface area (Å²) in [7, 11) is -2.42. The number of carbonyl (C=O) groups is 2. The number of thiophene rings is 1. The van der Waals surface area contributed by atoms with Crippen LogP contribution in [0.1, 0.15) is 24.6 Å². The number of methoxy groups -OCH3 is 1. The van der Waals surface area contributed by atoms with Crippen molar-refractivity contribution in [1.29, 1.82) is 0 Å². The lowest BCUT2D eigenvalue weighted by Crippen LogP contribution is -2.49. The lowest BCUT2D eigenvalue weighted by Gasteiger charge is -2.36. The van der Waals surface area contributed by atoms with Gasteiger partial charge in [-0.3, -0.25) is 19.0 Å². The molecule has 1 aromatic carbocycles. The summed E-state index contributed by atoms with van der Waals surface area (Å²) in [6, 6.07) is 7.60. The molecule has 4 heterocycles. The second kappa shape index (κ2) is 12.4. The van der Waals surface area contributed by atoms with Crippen molar-refractivity contribution >= 4 is 49.1 Å². The third-order valence-corrected chi connectivity index (χ3v) is 11.0. The van der Waals surface area contributed by atoms with Crippen LogP contribution in [0.3, 0.4) is 0 Å². The number of likely N-dealkylation sites (tertiary alicyclic amines) is 1. The number of amides is 1. The third kappa shape index (κ3) is 5.75. The Morgan fingerprint density at radius 3 is 2.57 bits per heavy atom. The second-order valence-electron chi connectivity index (χ2n) is 10.3. The average Bonchev–Trinajstić information content (AvgIpc) is 3.36. The van der Waals surface area contributed by atoms with E-state index in [-0.39, 0.29) is 54.9 Å². The number of esters is 1. The number of aromatic nitrogens is 2. The molecule has 5 rings (SSSR count). The number of piperazine rings is 1. The molecular formula is C28H35N5O7S2. The first-order valence-corrected chi connectivity index (χ1v) is 16.2. The zero-order chi connectivity index (χ0) is 30.0. The van der Waals surface area contributed by atoms with E-state index in [9.17, 15) is 22.8 Å². The van der Waals surface area contributed by atoms with Crippen LogP contribution in [-0.2, 0) is 30.9 Å². The number of ether oxygens (including phenoxy) is 2. The van der Waals surface area contributed by atoms with Crippen molar-refractivity contribution in [3.05, 3.63) is 45.8 Å². The highest BCUT2D eigenvalue weighted by atomic mass is 32.2. The van der Waals surface area contributed by atoms with Gasteiger partial charge in [-0.15, -0.1) is 11.3 Å². The molecule has 1 unspecified atom stereocenters. The molecule has 0 radical (unpaired) electrons. The van der Waals surface area contributed by atoms with Gasteiger partial charge in [-0.25, -0.2) is 13.4 Å². The monoisotopic (exact) mass is 617 g/mol. The molecule has 12 nitrogen and oxygen atoms in total. The van der Waals surface area contributed by atoms with E-state index in [1.54, 1.807) is 25.9 Å². The van der Waals surface area contributed by atoms with Gasteiger partial charge in [0.05, 0.1) is 37.0 Å². The van der Waals surface area contributed by atoms with E-state index in [0.717, 1.165) is 27.3 Å². The SMILES string of the molecule is CCOC(=O)C1CCCN(C(=O)Cn2cnc3sc(C)c(S(=O)(=O)N4CCN(c5ccccc5OC)CC4)c3c2=O)C1. The van der Waals surface area contributed by atoms with Gasteiger partial charge >= 0.3 is 5.97 Å². The van der Waals surface area contributed by atoms with Crippen molar-refractivity contribution in [1.82, 2.24) is 18.8 Å². The predicted octanol–water partition coefficient (Wildman–Crippen LogP) is 2.09. The first-order valence-electron chi connectivity index (χ1n) is 14.0. The smallest absolute Gasteiger partial charge is 0.310 e. The molecule has 2 fully saturated rings. The zero-order valence-electron chi connectivity index (χ0n) is 23.9. The molecule has 0 spiro atoms. The molecule has 42 heavy (non-hydrogen) atoms. The van der Waals surface area contributed by atoms with E-state index >= 15 is 0 Å². The number of sulfonamides is 1. The summed E-state index contributed by atoms with van der Waals surface area (Å²) >= 11 is 1.15. The minimum Gasteiger partial charge on any atom is -0.495 e. The lowest BCUT2D eigenvalue weighted by molar-refractivity contribution is -0.151. The molecule has 0 N–H and O–H groups in total. The first kappa shape index (κ1) is 30.0. The van der Waals surface area contributed by atoms with Gasteiger partial charge < -0.3 is 19.3 Å². The molecule has 0 aliphatic carbocycles. The first-order chi connectivity index (χ1) is 20.1. The maximum Gasteiger partial charge on any atom is 0.310 e. The van der Waals surface area contributed by atoms with E-state index < -0.39 is 21.5 Å². The van der Waals surface area contributed by atoms with Crippen molar-refractivity contribution in [2.24, 2.45) is 5.92 Å². The maximum atomic E-state index is 13.9.